The van der Waals surface area contributed by atoms with Crippen LogP contribution in [0.5, 0.6) is 0 Å². The molecular formula is C43H28N2S. The molecule has 0 atom stereocenters. The zero-order valence-corrected chi connectivity index (χ0v) is 25.8. The zero-order valence-electron chi connectivity index (χ0n) is 25.0. The van der Waals surface area contributed by atoms with Crippen molar-refractivity contribution >= 4 is 70.1 Å². The lowest BCUT2D eigenvalue weighted by atomic mass is 9.93. The van der Waals surface area contributed by atoms with Gasteiger partial charge in [0, 0.05) is 34.5 Å². The Labute approximate surface area is 271 Å². The third-order valence-corrected chi connectivity index (χ3v) is 10.1. The van der Waals surface area contributed by atoms with Crippen LogP contribution < -0.4 is 4.90 Å². The van der Waals surface area contributed by atoms with Crippen LogP contribution in [0.4, 0.5) is 17.1 Å². The lowest BCUT2D eigenvalue weighted by Crippen LogP contribution is -2.10. The standard InChI is InChI=1S/C43H28N2S/c1-2-9-29(10-3-1)30-17-21-33(22-18-30)45(41-16-8-15-39-38-25-26-44-28-42(38)46-43(39)41)34-23-19-31(20-24-34)40-27-32-11-4-5-12-35(32)36-13-6-7-14-37(36)40/h1-28H. The fourth-order valence-electron chi connectivity index (χ4n) is 6.76. The second kappa shape index (κ2) is 11.0. The number of anilines is 3. The minimum atomic E-state index is 1.12. The maximum Gasteiger partial charge on any atom is 0.0640 e. The van der Waals surface area contributed by atoms with Crippen LogP contribution in [-0.2, 0) is 0 Å². The van der Waals surface area contributed by atoms with E-state index in [-0.39, 0.29) is 0 Å². The fraction of sp³-hybridized carbons (Fsp3) is 0. The molecule has 0 aliphatic heterocycles. The highest BCUT2D eigenvalue weighted by Gasteiger charge is 2.19. The molecule has 7 aromatic carbocycles. The number of nitrogens with zero attached hydrogens (tertiary/aromatic N) is 2. The lowest BCUT2D eigenvalue weighted by molar-refractivity contribution is 1.30. The topological polar surface area (TPSA) is 16.1 Å². The van der Waals surface area contributed by atoms with Gasteiger partial charge >= 0.3 is 0 Å². The van der Waals surface area contributed by atoms with Gasteiger partial charge in [0.2, 0.25) is 0 Å². The van der Waals surface area contributed by atoms with E-state index >= 15 is 0 Å². The summed E-state index contributed by atoms with van der Waals surface area (Å²) in [5.41, 5.74) is 8.27. The average molecular weight is 605 g/mol. The molecule has 0 spiro atoms. The van der Waals surface area contributed by atoms with Gasteiger partial charge in [-0.3, -0.25) is 4.98 Å². The zero-order chi connectivity index (χ0) is 30.5. The highest BCUT2D eigenvalue weighted by molar-refractivity contribution is 7.26. The van der Waals surface area contributed by atoms with E-state index in [1.807, 2.05) is 12.4 Å². The SMILES string of the molecule is c1ccc(-c2ccc(N(c3ccc(-c4cc5ccccc5c5ccccc45)cc3)c3cccc4c3sc3cnccc34)cc2)cc1. The first kappa shape index (κ1) is 26.6. The van der Waals surface area contributed by atoms with E-state index in [1.165, 1.54) is 64.0 Å². The van der Waals surface area contributed by atoms with E-state index in [2.05, 4.69) is 168 Å². The molecule has 0 fully saturated rings. The van der Waals surface area contributed by atoms with Gasteiger partial charge < -0.3 is 4.90 Å². The number of hydrogen-bond acceptors (Lipinski definition) is 3. The molecule has 0 aliphatic rings. The summed E-state index contributed by atoms with van der Waals surface area (Å²) in [5.74, 6) is 0. The molecule has 2 heterocycles. The van der Waals surface area contributed by atoms with Crippen LogP contribution in [0, 0.1) is 0 Å². The van der Waals surface area contributed by atoms with Crippen LogP contribution in [0.1, 0.15) is 0 Å². The van der Waals surface area contributed by atoms with Crippen LogP contribution in [0.3, 0.4) is 0 Å². The van der Waals surface area contributed by atoms with Gasteiger partial charge in [-0.2, -0.15) is 0 Å². The van der Waals surface area contributed by atoms with Crippen molar-refractivity contribution < 1.29 is 0 Å². The van der Waals surface area contributed by atoms with Crippen molar-refractivity contribution in [2.24, 2.45) is 0 Å². The van der Waals surface area contributed by atoms with Crippen molar-refractivity contribution in [1.29, 1.82) is 0 Å². The van der Waals surface area contributed by atoms with Crippen LogP contribution in [0.2, 0.25) is 0 Å². The number of fused-ring (bicyclic) bond motifs is 6. The lowest BCUT2D eigenvalue weighted by Gasteiger charge is -2.26. The molecule has 0 radical (unpaired) electrons. The van der Waals surface area contributed by atoms with Gasteiger partial charge in [-0.25, -0.2) is 0 Å². The number of rotatable bonds is 5. The van der Waals surface area contributed by atoms with Crippen LogP contribution in [0.25, 0.3) is 64.0 Å². The van der Waals surface area contributed by atoms with Crippen molar-refractivity contribution in [1.82, 2.24) is 4.98 Å². The summed E-state index contributed by atoms with van der Waals surface area (Å²) in [6, 6.07) is 57.1. The summed E-state index contributed by atoms with van der Waals surface area (Å²) >= 11 is 1.80. The summed E-state index contributed by atoms with van der Waals surface area (Å²) in [4.78, 5) is 6.80. The molecule has 46 heavy (non-hydrogen) atoms. The highest BCUT2D eigenvalue weighted by Crippen LogP contribution is 2.45. The molecule has 2 aromatic heterocycles. The minimum Gasteiger partial charge on any atom is -0.309 e. The molecule has 0 saturated carbocycles. The van der Waals surface area contributed by atoms with Gasteiger partial charge in [-0.05, 0) is 86.3 Å². The maximum absolute atomic E-state index is 4.41. The van der Waals surface area contributed by atoms with Crippen molar-refractivity contribution in [3.63, 3.8) is 0 Å². The summed E-state index contributed by atoms with van der Waals surface area (Å²) in [6.45, 7) is 0. The Morgan fingerprint density at radius 1 is 0.457 bits per heavy atom. The van der Waals surface area contributed by atoms with Crippen molar-refractivity contribution in [3.8, 4) is 22.3 Å². The van der Waals surface area contributed by atoms with Crippen molar-refractivity contribution in [2.45, 2.75) is 0 Å². The third-order valence-electron chi connectivity index (χ3n) is 8.96. The van der Waals surface area contributed by atoms with Gasteiger partial charge in [0.25, 0.3) is 0 Å². The van der Waals surface area contributed by atoms with Gasteiger partial charge in [-0.1, -0.05) is 115 Å². The number of aromatic nitrogens is 1. The Balaban J connectivity index is 1.21. The Bertz CT molecular complexity index is 2510. The van der Waals surface area contributed by atoms with Crippen LogP contribution >= 0.6 is 11.3 Å². The van der Waals surface area contributed by atoms with Gasteiger partial charge in [-0.15, -0.1) is 11.3 Å². The predicted molar refractivity (Wildman–Crippen MR) is 198 cm³/mol. The minimum absolute atomic E-state index is 1.12. The summed E-state index contributed by atoms with van der Waals surface area (Å²) in [7, 11) is 0. The van der Waals surface area contributed by atoms with Crippen molar-refractivity contribution in [3.05, 3.63) is 170 Å². The monoisotopic (exact) mass is 604 g/mol. The van der Waals surface area contributed by atoms with E-state index in [0.717, 1.165) is 17.1 Å². The Kier molecular flexibility index (Phi) is 6.36. The normalized spacial score (nSPS) is 11.5. The second-order valence-electron chi connectivity index (χ2n) is 11.6. The summed E-state index contributed by atoms with van der Waals surface area (Å²) < 4.78 is 2.45. The number of thiophene rings is 1. The summed E-state index contributed by atoms with van der Waals surface area (Å²) in [6.07, 6.45) is 3.86. The largest absolute Gasteiger partial charge is 0.309 e. The molecule has 9 rings (SSSR count). The Hall–Kier alpha value is -5.77. The van der Waals surface area contributed by atoms with E-state index < -0.39 is 0 Å². The summed E-state index contributed by atoms with van der Waals surface area (Å²) in [5, 5.41) is 7.60. The van der Waals surface area contributed by atoms with Crippen LogP contribution in [-0.4, -0.2) is 4.98 Å². The Morgan fingerprint density at radius 3 is 1.87 bits per heavy atom. The molecule has 0 aliphatic carbocycles. The second-order valence-corrected chi connectivity index (χ2v) is 12.7. The quantitative estimate of drug-likeness (QED) is 0.182. The van der Waals surface area contributed by atoms with Gasteiger partial charge in [0.1, 0.15) is 0 Å². The van der Waals surface area contributed by atoms with Gasteiger partial charge in [0.05, 0.1) is 15.1 Å². The third kappa shape index (κ3) is 4.44. The number of hydrogen-bond donors (Lipinski definition) is 0. The first-order valence-corrected chi connectivity index (χ1v) is 16.4. The maximum atomic E-state index is 4.41. The molecule has 0 N–H and O–H groups in total. The molecule has 0 amide bonds. The molecule has 216 valence electrons. The first-order chi connectivity index (χ1) is 22.8. The van der Waals surface area contributed by atoms with E-state index in [4.69, 9.17) is 0 Å². The predicted octanol–water partition coefficient (Wildman–Crippen LogP) is 12.6. The van der Waals surface area contributed by atoms with E-state index in [9.17, 15) is 0 Å². The Morgan fingerprint density at radius 2 is 1.09 bits per heavy atom. The fourth-order valence-corrected chi connectivity index (χ4v) is 7.93. The smallest absolute Gasteiger partial charge is 0.0640 e. The molecule has 0 bridgehead atoms. The van der Waals surface area contributed by atoms with Crippen molar-refractivity contribution in [2.75, 3.05) is 4.90 Å². The number of benzene rings is 7. The highest BCUT2D eigenvalue weighted by atomic mass is 32.1. The first-order valence-electron chi connectivity index (χ1n) is 15.5. The average Bonchev–Trinajstić information content (AvgIpc) is 3.52. The molecule has 9 aromatic rings. The molecular weight excluding hydrogens is 577 g/mol. The molecule has 0 saturated heterocycles. The number of pyridine rings is 1. The van der Waals surface area contributed by atoms with Crippen LogP contribution in [0.15, 0.2) is 170 Å². The van der Waals surface area contributed by atoms with E-state index in [1.54, 1.807) is 11.3 Å². The molecule has 2 nitrogen and oxygen atoms in total. The molecule has 3 heteroatoms. The van der Waals surface area contributed by atoms with E-state index in [0.29, 0.717) is 0 Å². The molecule has 0 unspecified atom stereocenters. The van der Waals surface area contributed by atoms with Gasteiger partial charge in [0.15, 0.2) is 0 Å².